The molecule has 5 N–H and O–H groups in total. The third kappa shape index (κ3) is 5.49. The molecule has 0 aromatic rings. The maximum absolute atomic E-state index is 10.5. The predicted molar refractivity (Wildman–Crippen MR) is 67.9 cm³/mol. The molecule has 0 saturated carbocycles. The smallest absolute Gasteiger partial charge is 0.320 e. The number of aliphatic imine (C=N–C) groups is 1. The summed E-state index contributed by atoms with van der Waals surface area (Å²) >= 11 is 0. The van der Waals surface area contributed by atoms with Crippen molar-refractivity contribution in [2.45, 2.75) is 50.6 Å². The van der Waals surface area contributed by atoms with Crippen LogP contribution in [0.25, 0.3) is 0 Å². The highest BCUT2D eigenvalue weighted by molar-refractivity contribution is 5.80. The number of hydrogen-bond acceptors (Lipinski definition) is 4. The van der Waals surface area contributed by atoms with Gasteiger partial charge in [-0.05, 0) is 25.7 Å². The second-order valence-corrected chi connectivity index (χ2v) is 4.41. The van der Waals surface area contributed by atoms with Gasteiger partial charge in [0.2, 0.25) is 0 Å². The highest BCUT2D eigenvalue weighted by atomic mass is 16.4. The monoisotopic (exact) mass is 239 g/mol. The zero-order chi connectivity index (χ0) is 12.7. The fourth-order valence-electron chi connectivity index (χ4n) is 1.82. The lowest BCUT2D eigenvalue weighted by molar-refractivity contribution is -0.138. The van der Waals surface area contributed by atoms with E-state index in [2.05, 4.69) is 4.99 Å². The Labute approximate surface area is 102 Å². The largest absolute Gasteiger partial charge is 0.480 e. The van der Waals surface area contributed by atoms with Crippen LogP contribution in [0.2, 0.25) is 0 Å². The first-order valence-electron chi connectivity index (χ1n) is 6.05. The zero-order valence-corrected chi connectivity index (χ0v) is 10.0. The molecule has 5 nitrogen and oxygen atoms in total. The Bertz CT molecular complexity index is 313. The van der Waals surface area contributed by atoms with Gasteiger partial charge in [0.05, 0.1) is 11.9 Å². The molecule has 1 aliphatic rings. The third-order valence-electron chi connectivity index (χ3n) is 2.85. The number of carbonyl (C=O) groups is 1. The summed E-state index contributed by atoms with van der Waals surface area (Å²) in [4.78, 5) is 14.9. The Balaban J connectivity index is 2.31. The van der Waals surface area contributed by atoms with E-state index in [1.807, 2.05) is 12.2 Å². The first-order valence-corrected chi connectivity index (χ1v) is 6.05. The average molecular weight is 239 g/mol. The van der Waals surface area contributed by atoms with Crippen LogP contribution in [0.3, 0.4) is 0 Å². The molecule has 0 aromatic carbocycles. The predicted octanol–water partition coefficient (Wildman–Crippen LogP) is 1.03. The van der Waals surface area contributed by atoms with Crippen LogP contribution in [0.15, 0.2) is 17.1 Å². The molecule has 0 aromatic heterocycles. The van der Waals surface area contributed by atoms with Crippen LogP contribution in [0, 0.1) is 0 Å². The van der Waals surface area contributed by atoms with Gasteiger partial charge in [0, 0.05) is 6.42 Å². The SMILES string of the molecule is NC1=N[C@@H](C/C=C/CC(N)C(=O)O)CCCC1. The van der Waals surface area contributed by atoms with Crippen molar-refractivity contribution in [2.24, 2.45) is 16.5 Å². The number of carboxylic acid groups (broad SMARTS) is 1. The highest BCUT2D eigenvalue weighted by Crippen LogP contribution is 2.15. The lowest BCUT2D eigenvalue weighted by Crippen LogP contribution is -2.29. The van der Waals surface area contributed by atoms with Gasteiger partial charge in [0.15, 0.2) is 0 Å². The van der Waals surface area contributed by atoms with E-state index in [9.17, 15) is 4.79 Å². The fourth-order valence-corrected chi connectivity index (χ4v) is 1.82. The molecule has 0 fully saturated rings. The van der Waals surface area contributed by atoms with Crippen molar-refractivity contribution in [1.29, 1.82) is 0 Å². The third-order valence-corrected chi connectivity index (χ3v) is 2.85. The normalized spacial score (nSPS) is 23.1. The number of aliphatic carboxylic acids is 1. The van der Waals surface area contributed by atoms with E-state index in [-0.39, 0.29) is 6.04 Å². The summed E-state index contributed by atoms with van der Waals surface area (Å²) in [6.07, 6.45) is 9.15. The van der Waals surface area contributed by atoms with Crippen molar-refractivity contribution in [3.8, 4) is 0 Å². The van der Waals surface area contributed by atoms with Crippen LogP contribution < -0.4 is 11.5 Å². The summed E-state index contributed by atoms with van der Waals surface area (Å²) in [6.45, 7) is 0. The van der Waals surface area contributed by atoms with Crippen LogP contribution >= 0.6 is 0 Å². The zero-order valence-electron chi connectivity index (χ0n) is 10.0. The molecule has 0 spiro atoms. The van der Waals surface area contributed by atoms with Gasteiger partial charge in [0.1, 0.15) is 6.04 Å². The Kier molecular flexibility index (Phi) is 5.69. The molecular weight excluding hydrogens is 218 g/mol. The molecule has 0 bridgehead atoms. The van der Waals surface area contributed by atoms with Crippen molar-refractivity contribution < 1.29 is 9.90 Å². The summed E-state index contributed by atoms with van der Waals surface area (Å²) < 4.78 is 0. The van der Waals surface area contributed by atoms with Gasteiger partial charge < -0.3 is 16.6 Å². The lowest BCUT2D eigenvalue weighted by Gasteiger charge is -2.07. The second-order valence-electron chi connectivity index (χ2n) is 4.41. The van der Waals surface area contributed by atoms with E-state index in [0.717, 1.165) is 37.9 Å². The van der Waals surface area contributed by atoms with E-state index in [1.54, 1.807) is 0 Å². The van der Waals surface area contributed by atoms with Crippen LogP contribution in [-0.4, -0.2) is 29.0 Å². The van der Waals surface area contributed by atoms with E-state index in [4.69, 9.17) is 16.6 Å². The van der Waals surface area contributed by atoms with E-state index in [0.29, 0.717) is 6.42 Å². The number of rotatable bonds is 5. The number of nitrogens with zero attached hydrogens (tertiary/aromatic N) is 1. The molecule has 0 radical (unpaired) electrons. The van der Waals surface area contributed by atoms with Gasteiger partial charge in [0.25, 0.3) is 0 Å². The van der Waals surface area contributed by atoms with Gasteiger partial charge >= 0.3 is 5.97 Å². The molecule has 96 valence electrons. The molecule has 1 heterocycles. The van der Waals surface area contributed by atoms with Gasteiger partial charge in [-0.25, -0.2) is 0 Å². The minimum absolute atomic E-state index is 0.245. The number of hydrogen-bond donors (Lipinski definition) is 3. The van der Waals surface area contributed by atoms with Crippen LogP contribution in [-0.2, 0) is 4.79 Å². The number of carboxylic acids is 1. The van der Waals surface area contributed by atoms with E-state index < -0.39 is 12.0 Å². The summed E-state index contributed by atoms with van der Waals surface area (Å²) in [5.74, 6) is -0.227. The minimum atomic E-state index is -0.966. The molecule has 2 atom stereocenters. The minimum Gasteiger partial charge on any atom is -0.480 e. The maximum Gasteiger partial charge on any atom is 0.320 e. The Hall–Kier alpha value is -1.36. The molecule has 17 heavy (non-hydrogen) atoms. The van der Waals surface area contributed by atoms with Crippen LogP contribution in [0.5, 0.6) is 0 Å². The van der Waals surface area contributed by atoms with Crippen molar-refractivity contribution in [2.75, 3.05) is 0 Å². The van der Waals surface area contributed by atoms with Crippen LogP contribution in [0.4, 0.5) is 0 Å². The molecule has 1 rings (SSSR count). The maximum atomic E-state index is 10.5. The Morgan fingerprint density at radius 1 is 1.53 bits per heavy atom. The Morgan fingerprint density at radius 3 is 3.00 bits per heavy atom. The molecule has 1 aliphatic heterocycles. The summed E-state index contributed by atoms with van der Waals surface area (Å²) in [6, 6.07) is -0.566. The van der Waals surface area contributed by atoms with Gasteiger partial charge in [-0.15, -0.1) is 0 Å². The summed E-state index contributed by atoms with van der Waals surface area (Å²) in [5, 5.41) is 8.60. The summed E-state index contributed by atoms with van der Waals surface area (Å²) in [7, 11) is 0. The quantitative estimate of drug-likeness (QED) is 0.624. The van der Waals surface area contributed by atoms with Crippen LogP contribution in [0.1, 0.15) is 38.5 Å². The standard InChI is InChI=1S/C12H21N3O2/c13-10(12(16)17)7-3-1-5-9-6-2-4-8-11(14)15-9/h1,3,9-10H,2,4-8,13H2,(H2,14,15)(H,16,17)/b3-1+/t9-,10?/m0/s1. The lowest BCUT2D eigenvalue weighted by atomic mass is 10.1. The fraction of sp³-hybridized carbons (Fsp3) is 0.667. The topological polar surface area (TPSA) is 102 Å². The van der Waals surface area contributed by atoms with E-state index >= 15 is 0 Å². The number of nitrogens with two attached hydrogens (primary N) is 2. The summed E-state index contributed by atoms with van der Waals surface area (Å²) in [5.41, 5.74) is 11.1. The van der Waals surface area contributed by atoms with Crippen molar-refractivity contribution in [1.82, 2.24) is 0 Å². The molecular formula is C12H21N3O2. The average Bonchev–Trinajstić information content (AvgIpc) is 2.48. The van der Waals surface area contributed by atoms with Gasteiger partial charge in [-0.3, -0.25) is 9.79 Å². The van der Waals surface area contributed by atoms with E-state index in [1.165, 1.54) is 0 Å². The Morgan fingerprint density at radius 2 is 2.29 bits per heavy atom. The van der Waals surface area contributed by atoms with Gasteiger partial charge in [-0.1, -0.05) is 18.6 Å². The second kappa shape index (κ2) is 7.06. The van der Waals surface area contributed by atoms with Crippen molar-refractivity contribution >= 4 is 11.8 Å². The first-order chi connectivity index (χ1) is 8.09. The molecule has 0 aliphatic carbocycles. The molecule has 5 heteroatoms. The van der Waals surface area contributed by atoms with Crippen molar-refractivity contribution in [3.05, 3.63) is 12.2 Å². The first kappa shape index (κ1) is 13.7. The molecule has 1 unspecified atom stereocenters. The molecule has 0 amide bonds. The molecule has 0 saturated heterocycles. The van der Waals surface area contributed by atoms with Gasteiger partial charge in [-0.2, -0.15) is 0 Å². The highest BCUT2D eigenvalue weighted by Gasteiger charge is 2.11. The number of amidine groups is 1. The van der Waals surface area contributed by atoms with Crippen molar-refractivity contribution in [3.63, 3.8) is 0 Å².